The van der Waals surface area contributed by atoms with Gasteiger partial charge in [-0.15, -0.1) is 0 Å². The summed E-state index contributed by atoms with van der Waals surface area (Å²) in [6, 6.07) is 28.0. The van der Waals surface area contributed by atoms with Gasteiger partial charge in [-0.05, 0) is 39.0 Å². The summed E-state index contributed by atoms with van der Waals surface area (Å²) < 4.78 is 8.22. The third-order valence-electron chi connectivity index (χ3n) is 5.93. The number of fused-ring (bicyclic) bond motifs is 1. The van der Waals surface area contributed by atoms with E-state index in [9.17, 15) is 0 Å². The molecule has 30 heavy (non-hydrogen) atoms. The van der Waals surface area contributed by atoms with Gasteiger partial charge < -0.3 is 4.43 Å². The molecular formula is C26H28BrNOSi. The largest absolute Gasteiger partial charge is 0.405 e. The summed E-state index contributed by atoms with van der Waals surface area (Å²) >= 11 is 3.71. The van der Waals surface area contributed by atoms with E-state index in [0.29, 0.717) is 6.61 Å². The number of benzene rings is 3. The Morgan fingerprint density at radius 1 is 0.900 bits per heavy atom. The van der Waals surface area contributed by atoms with Gasteiger partial charge in [0.05, 0.1) is 12.6 Å². The first-order chi connectivity index (χ1) is 14.4. The van der Waals surface area contributed by atoms with Crippen molar-refractivity contribution >= 4 is 40.8 Å². The van der Waals surface area contributed by atoms with Crippen molar-refractivity contribution in [1.29, 1.82) is 0 Å². The molecule has 0 aliphatic carbocycles. The molecule has 2 nitrogen and oxygen atoms in total. The van der Waals surface area contributed by atoms with Crippen LogP contribution in [0, 0.1) is 0 Å². The third kappa shape index (κ3) is 3.96. The van der Waals surface area contributed by atoms with Crippen LogP contribution in [0.3, 0.4) is 0 Å². The van der Waals surface area contributed by atoms with Gasteiger partial charge in [-0.2, -0.15) is 0 Å². The lowest BCUT2D eigenvalue weighted by Crippen LogP contribution is -2.67. The summed E-state index contributed by atoms with van der Waals surface area (Å²) in [5, 5.41) is 2.60. The van der Waals surface area contributed by atoms with E-state index in [1.54, 1.807) is 0 Å². The highest BCUT2D eigenvalue weighted by atomic mass is 79.9. The zero-order valence-electron chi connectivity index (χ0n) is 17.8. The molecule has 3 aromatic carbocycles. The van der Waals surface area contributed by atoms with Crippen molar-refractivity contribution in [2.45, 2.75) is 38.3 Å². The first kappa shape index (κ1) is 21.2. The van der Waals surface area contributed by atoms with Crippen LogP contribution in [0.2, 0.25) is 5.04 Å². The van der Waals surface area contributed by atoms with Crippen molar-refractivity contribution in [3.63, 3.8) is 0 Å². The maximum Gasteiger partial charge on any atom is 0.261 e. The Bertz CT molecular complexity index is 988. The van der Waals surface area contributed by atoms with Crippen molar-refractivity contribution in [1.82, 2.24) is 0 Å². The zero-order valence-corrected chi connectivity index (χ0v) is 20.4. The van der Waals surface area contributed by atoms with Gasteiger partial charge in [-0.1, -0.05) is 109 Å². The molecular weight excluding hydrogens is 450 g/mol. The van der Waals surface area contributed by atoms with E-state index in [1.807, 2.05) is 6.21 Å². The van der Waals surface area contributed by atoms with Crippen LogP contribution < -0.4 is 10.4 Å². The van der Waals surface area contributed by atoms with Crippen LogP contribution in [-0.4, -0.2) is 27.2 Å². The maximum absolute atomic E-state index is 7.07. The first-order valence-corrected chi connectivity index (χ1v) is 13.2. The summed E-state index contributed by atoms with van der Waals surface area (Å²) in [6.07, 6.45) is 2.90. The molecule has 1 aliphatic rings. The minimum atomic E-state index is -2.52. The molecule has 1 heterocycles. The van der Waals surface area contributed by atoms with Crippen molar-refractivity contribution < 1.29 is 4.43 Å². The molecule has 0 spiro atoms. The monoisotopic (exact) mass is 477 g/mol. The summed E-state index contributed by atoms with van der Waals surface area (Å²) in [7, 11) is -2.52. The SMILES string of the molecule is CC(C)(C)[Si](OCC1Cc2c(Br)cccc2C=N1)(c1ccccc1)c1ccccc1. The Hall–Kier alpha value is -2.01. The second-order valence-corrected chi connectivity index (χ2v) is 14.1. The van der Waals surface area contributed by atoms with Crippen molar-refractivity contribution in [2.24, 2.45) is 4.99 Å². The minimum Gasteiger partial charge on any atom is -0.405 e. The van der Waals surface area contributed by atoms with Gasteiger partial charge in [-0.3, -0.25) is 4.99 Å². The van der Waals surface area contributed by atoms with Crippen LogP contribution in [-0.2, 0) is 10.8 Å². The summed E-state index contributed by atoms with van der Waals surface area (Å²) in [5.74, 6) is 0. The maximum atomic E-state index is 7.07. The van der Waals surface area contributed by atoms with Gasteiger partial charge in [0, 0.05) is 10.7 Å². The Labute approximate surface area is 189 Å². The van der Waals surface area contributed by atoms with Gasteiger partial charge >= 0.3 is 0 Å². The molecule has 0 amide bonds. The Kier molecular flexibility index (Phi) is 6.10. The highest BCUT2D eigenvalue weighted by Gasteiger charge is 2.50. The van der Waals surface area contributed by atoms with Crippen LogP contribution in [0.5, 0.6) is 0 Å². The molecule has 154 valence electrons. The molecule has 0 aromatic heterocycles. The fourth-order valence-corrected chi connectivity index (χ4v) is 9.61. The number of rotatable bonds is 5. The quantitative estimate of drug-likeness (QED) is 0.452. The summed E-state index contributed by atoms with van der Waals surface area (Å²) in [5.41, 5.74) is 2.52. The molecule has 4 heteroatoms. The highest BCUT2D eigenvalue weighted by Crippen LogP contribution is 2.37. The van der Waals surface area contributed by atoms with E-state index in [0.717, 1.165) is 10.9 Å². The molecule has 0 radical (unpaired) electrons. The topological polar surface area (TPSA) is 21.6 Å². The zero-order chi connectivity index (χ0) is 21.2. The van der Waals surface area contributed by atoms with Crippen LogP contribution in [0.4, 0.5) is 0 Å². The number of hydrogen-bond donors (Lipinski definition) is 0. The van der Waals surface area contributed by atoms with Gasteiger partial charge in [-0.25, -0.2) is 0 Å². The fraction of sp³-hybridized carbons (Fsp3) is 0.269. The first-order valence-electron chi connectivity index (χ1n) is 10.5. The minimum absolute atomic E-state index is 0.0213. The van der Waals surface area contributed by atoms with Crippen LogP contribution in [0.15, 0.2) is 88.3 Å². The van der Waals surface area contributed by atoms with E-state index >= 15 is 0 Å². The molecule has 1 aliphatic heterocycles. The van der Waals surface area contributed by atoms with Crippen molar-refractivity contribution in [3.05, 3.63) is 94.5 Å². The molecule has 1 unspecified atom stereocenters. The molecule has 1 atom stereocenters. The van der Waals surface area contributed by atoms with Crippen LogP contribution >= 0.6 is 15.9 Å². The molecule has 3 aromatic rings. The molecule has 0 fully saturated rings. The smallest absolute Gasteiger partial charge is 0.261 e. The molecule has 0 saturated heterocycles. The van der Waals surface area contributed by atoms with Gasteiger partial charge in [0.2, 0.25) is 0 Å². The van der Waals surface area contributed by atoms with E-state index in [-0.39, 0.29) is 11.1 Å². The molecule has 4 rings (SSSR count). The Morgan fingerprint density at radius 3 is 2.07 bits per heavy atom. The standard InChI is InChI=1S/C26H28BrNOSi/c1-26(2,3)30(22-12-6-4-7-13-22,23-14-8-5-9-15-23)29-19-21-17-24-20(18-28-21)11-10-16-25(24)27/h4-16,18,21H,17,19H2,1-3H3. The second kappa shape index (κ2) is 8.62. The Balaban J connectivity index is 1.71. The van der Waals surface area contributed by atoms with E-state index in [1.165, 1.54) is 21.5 Å². The Morgan fingerprint density at radius 2 is 1.50 bits per heavy atom. The van der Waals surface area contributed by atoms with E-state index < -0.39 is 8.32 Å². The third-order valence-corrected chi connectivity index (χ3v) is 11.7. The molecule has 0 bridgehead atoms. The number of halogens is 1. The lowest BCUT2D eigenvalue weighted by atomic mass is 9.99. The number of aliphatic imine (C=N–C) groups is 1. The van der Waals surface area contributed by atoms with Crippen molar-refractivity contribution in [3.8, 4) is 0 Å². The van der Waals surface area contributed by atoms with E-state index in [2.05, 4.69) is 116 Å². The lowest BCUT2D eigenvalue weighted by Gasteiger charge is -2.43. The highest BCUT2D eigenvalue weighted by molar-refractivity contribution is 9.10. The second-order valence-electron chi connectivity index (χ2n) is 8.92. The average molecular weight is 479 g/mol. The predicted molar refractivity (Wildman–Crippen MR) is 133 cm³/mol. The van der Waals surface area contributed by atoms with Crippen LogP contribution in [0.1, 0.15) is 31.9 Å². The predicted octanol–water partition coefficient (Wildman–Crippen LogP) is 5.37. The lowest BCUT2D eigenvalue weighted by molar-refractivity contribution is 0.271. The normalized spacial score (nSPS) is 16.3. The van der Waals surface area contributed by atoms with Crippen molar-refractivity contribution in [2.75, 3.05) is 6.61 Å². The fourth-order valence-electron chi connectivity index (χ4n) is 4.47. The average Bonchev–Trinajstić information content (AvgIpc) is 2.75. The van der Waals surface area contributed by atoms with E-state index in [4.69, 9.17) is 9.42 Å². The van der Waals surface area contributed by atoms with Gasteiger partial charge in [0.1, 0.15) is 0 Å². The van der Waals surface area contributed by atoms with Crippen LogP contribution in [0.25, 0.3) is 0 Å². The summed E-state index contributed by atoms with van der Waals surface area (Å²) in [4.78, 5) is 4.84. The van der Waals surface area contributed by atoms with Gasteiger partial charge in [0.25, 0.3) is 8.32 Å². The number of nitrogens with zero attached hydrogens (tertiary/aromatic N) is 1. The molecule has 0 saturated carbocycles. The number of hydrogen-bond acceptors (Lipinski definition) is 2. The summed E-state index contributed by atoms with van der Waals surface area (Å²) in [6.45, 7) is 7.56. The molecule has 0 N–H and O–H groups in total. The van der Waals surface area contributed by atoms with Gasteiger partial charge in [0.15, 0.2) is 0 Å².